The molecule has 0 bridgehead atoms. The van der Waals surface area contributed by atoms with Crippen LogP contribution in [0.25, 0.3) is 4.96 Å². The molecule has 0 unspecified atom stereocenters. The minimum Gasteiger partial charge on any atom is -0.378 e. The molecule has 0 aliphatic rings. The Kier molecular flexibility index (Phi) is 3.44. The van der Waals surface area contributed by atoms with Crippen LogP contribution in [0.1, 0.15) is 22.6 Å². The topological polar surface area (TPSA) is 29.3 Å². The molecule has 3 rings (SSSR count). The molecule has 0 spiro atoms. The SMILES string of the molecule is Cc1cccc(Cl)c1NCc1c(C)nc2scc(C)n12. The summed E-state index contributed by atoms with van der Waals surface area (Å²) in [7, 11) is 0. The fourth-order valence-corrected chi connectivity index (χ4v) is 3.62. The molecule has 0 saturated heterocycles. The number of aryl methyl sites for hydroxylation is 3. The zero-order chi connectivity index (χ0) is 14.3. The molecule has 3 aromatic rings. The monoisotopic (exact) mass is 305 g/mol. The fourth-order valence-electron chi connectivity index (χ4n) is 2.40. The summed E-state index contributed by atoms with van der Waals surface area (Å²) in [5, 5.41) is 6.33. The second-order valence-electron chi connectivity index (χ2n) is 4.92. The van der Waals surface area contributed by atoms with Crippen molar-refractivity contribution in [2.75, 3.05) is 5.32 Å². The molecular weight excluding hydrogens is 290 g/mol. The number of nitrogens with zero attached hydrogens (tertiary/aromatic N) is 2. The Balaban J connectivity index is 1.94. The van der Waals surface area contributed by atoms with Gasteiger partial charge in [-0.1, -0.05) is 23.7 Å². The number of para-hydroxylation sites is 1. The van der Waals surface area contributed by atoms with Crippen LogP contribution in [0, 0.1) is 20.8 Å². The average molecular weight is 306 g/mol. The van der Waals surface area contributed by atoms with Gasteiger partial charge in [-0.2, -0.15) is 0 Å². The van der Waals surface area contributed by atoms with Crippen molar-refractivity contribution >= 4 is 33.6 Å². The minimum absolute atomic E-state index is 0.717. The third-order valence-electron chi connectivity index (χ3n) is 3.48. The van der Waals surface area contributed by atoms with Gasteiger partial charge in [-0.15, -0.1) is 11.3 Å². The van der Waals surface area contributed by atoms with Gasteiger partial charge in [0.1, 0.15) is 0 Å². The lowest BCUT2D eigenvalue weighted by atomic mass is 10.2. The summed E-state index contributed by atoms with van der Waals surface area (Å²) >= 11 is 7.93. The van der Waals surface area contributed by atoms with Crippen LogP contribution in [0.15, 0.2) is 23.6 Å². The molecule has 0 atom stereocenters. The van der Waals surface area contributed by atoms with E-state index >= 15 is 0 Å². The van der Waals surface area contributed by atoms with E-state index in [0.29, 0.717) is 0 Å². The van der Waals surface area contributed by atoms with Gasteiger partial charge >= 0.3 is 0 Å². The third kappa shape index (κ3) is 2.19. The number of rotatable bonds is 3. The van der Waals surface area contributed by atoms with Gasteiger partial charge in [0.2, 0.25) is 0 Å². The van der Waals surface area contributed by atoms with Crippen molar-refractivity contribution in [1.82, 2.24) is 9.38 Å². The maximum Gasteiger partial charge on any atom is 0.194 e. The predicted molar refractivity (Wildman–Crippen MR) is 86.1 cm³/mol. The van der Waals surface area contributed by atoms with Crippen LogP contribution in [-0.2, 0) is 6.54 Å². The van der Waals surface area contributed by atoms with Crippen LogP contribution in [-0.4, -0.2) is 9.38 Å². The van der Waals surface area contributed by atoms with E-state index in [1.165, 1.54) is 11.4 Å². The van der Waals surface area contributed by atoms with Crippen LogP contribution < -0.4 is 5.32 Å². The van der Waals surface area contributed by atoms with Gasteiger partial charge in [0.15, 0.2) is 4.96 Å². The molecular formula is C15H16ClN3S. The van der Waals surface area contributed by atoms with E-state index in [2.05, 4.69) is 46.9 Å². The Bertz CT molecular complexity index is 753. The number of fused-ring (bicyclic) bond motifs is 1. The van der Waals surface area contributed by atoms with E-state index in [9.17, 15) is 0 Å². The number of imidazole rings is 1. The number of thiazole rings is 1. The second kappa shape index (κ2) is 5.11. The smallest absolute Gasteiger partial charge is 0.194 e. The molecule has 2 aromatic heterocycles. The van der Waals surface area contributed by atoms with Crippen molar-refractivity contribution in [3.05, 3.63) is 51.2 Å². The molecule has 0 fully saturated rings. The molecule has 20 heavy (non-hydrogen) atoms. The normalized spacial score (nSPS) is 11.2. The highest BCUT2D eigenvalue weighted by atomic mass is 35.5. The largest absolute Gasteiger partial charge is 0.378 e. The van der Waals surface area contributed by atoms with Crippen molar-refractivity contribution in [2.45, 2.75) is 27.3 Å². The van der Waals surface area contributed by atoms with E-state index in [-0.39, 0.29) is 0 Å². The Morgan fingerprint density at radius 2 is 2.10 bits per heavy atom. The van der Waals surface area contributed by atoms with Gasteiger partial charge in [0.25, 0.3) is 0 Å². The number of halogens is 1. The Morgan fingerprint density at radius 3 is 2.85 bits per heavy atom. The minimum atomic E-state index is 0.717. The molecule has 3 nitrogen and oxygen atoms in total. The molecule has 5 heteroatoms. The molecule has 0 radical (unpaired) electrons. The first-order valence-electron chi connectivity index (χ1n) is 6.49. The van der Waals surface area contributed by atoms with Gasteiger partial charge in [-0.05, 0) is 32.4 Å². The molecule has 1 N–H and O–H groups in total. The van der Waals surface area contributed by atoms with E-state index in [4.69, 9.17) is 11.6 Å². The highest BCUT2D eigenvalue weighted by Crippen LogP contribution is 2.27. The summed E-state index contributed by atoms with van der Waals surface area (Å²) in [6.45, 7) is 6.93. The predicted octanol–water partition coefficient (Wildman–Crippen LogP) is 4.59. The first kappa shape index (κ1) is 13.5. The molecule has 104 valence electrons. The molecule has 0 amide bonds. The van der Waals surface area contributed by atoms with Gasteiger partial charge in [0.05, 0.1) is 28.6 Å². The average Bonchev–Trinajstić information content (AvgIpc) is 2.90. The molecule has 0 aliphatic carbocycles. The van der Waals surface area contributed by atoms with Crippen LogP contribution >= 0.6 is 22.9 Å². The summed E-state index contributed by atoms with van der Waals surface area (Å²) in [5.74, 6) is 0. The summed E-state index contributed by atoms with van der Waals surface area (Å²) in [6, 6.07) is 5.93. The molecule has 0 saturated carbocycles. The van der Waals surface area contributed by atoms with Gasteiger partial charge in [-0.25, -0.2) is 4.98 Å². The summed E-state index contributed by atoms with van der Waals surface area (Å²) in [5.41, 5.74) is 5.63. The summed E-state index contributed by atoms with van der Waals surface area (Å²) < 4.78 is 2.21. The number of hydrogen-bond acceptors (Lipinski definition) is 3. The lowest BCUT2D eigenvalue weighted by Crippen LogP contribution is -2.06. The second-order valence-corrected chi connectivity index (χ2v) is 6.17. The number of nitrogens with one attached hydrogen (secondary N) is 1. The Hall–Kier alpha value is -1.52. The standard InChI is InChI=1S/C15H16ClN3S/c1-9-5-4-6-12(16)14(9)17-7-13-11(3)18-15-19(13)10(2)8-20-15/h4-6,8,17H,7H2,1-3H3. The fraction of sp³-hybridized carbons (Fsp3) is 0.267. The van der Waals surface area contributed by atoms with Gasteiger partial charge in [0, 0.05) is 11.1 Å². The third-order valence-corrected chi connectivity index (χ3v) is 4.74. The molecule has 1 aromatic carbocycles. The van der Waals surface area contributed by atoms with Crippen molar-refractivity contribution in [2.24, 2.45) is 0 Å². The van der Waals surface area contributed by atoms with E-state index in [1.807, 2.05) is 12.1 Å². The Labute approximate surface area is 127 Å². The van der Waals surface area contributed by atoms with Crippen LogP contribution in [0.2, 0.25) is 5.02 Å². The maximum absolute atomic E-state index is 6.25. The lowest BCUT2D eigenvalue weighted by molar-refractivity contribution is 0.965. The van der Waals surface area contributed by atoms with Crippen molar-refractivity contribution in [3.63, 3.8) is 0 Å². The van der Waals surface area contributed by atoms with E-state index < -0.39 is 0 Å². The van der Waals surface area contributed by atoms with Crippen LogP contribution in [0.4, 0.5) is 5.69 Å². The van der Waals surface area contributed by atoms with Crippen molar-refractivity contribution < 1.29 is 0 Å². The number of hydrogen-bond donors (Lipinski definition) is 1. The lowest BCUT2D eigenvalue weighted by Gasteiger charge is -2.12. The molecule has 0 aliphatic heterocycles. The van der Waals surface area contributed by atoms with E-state index in [0.717, 1.165) is 33.5 Å². The van der Waals surface area contributed by atoms with Crippen molar-refractivity contribution in [3.8, 4) is 0 Å². The number of benzene rings is 1. The van der Waals surface area contributed by atoms with Gasteiger partial charge < -0.3 is 5.32 Å². The summed E-state index contributed by atoms with van der Waals surface area (Å²) in [4.78, 5) is 5.65. The zero-order valence-electron chi connectivity index (χ0n) is 11.7. The van der Waals surface area contributed by atoms with Crippen molar-refractivity contribution in [1.29, 1.82) is 0 Å². The van der Waals surface area contributed by atoms with Crippen LogP contribution in [0.5, 0.6) is 0 Å². The number of anilines is 1. The highest BCUT2D eigenvalue weighted by molar-refractivity contribution is 7.15. The first-order chi connectivity index (χ1) is 9.58. The Morgan fingerprint density at radius 1 is 1.30 bits per heavy atom. The maximum atomic E-state index is 6.25. The first-order valence-corrected chi connectivity index (χ1v) is 7.74. The molecule has 2 heterocycles. The quantitative estimate of drug-likeness (QED) is 0.767. The van der Waals surface area contributed by atoms with E-state index in [1.54, 1.807) is 11.3 Å². The highest BCUT2D eigenvalue weighted by Gasteiger charge is 2.12. The zero-order valence-corrected chi connectivity index (χ0v) is 13.3. The van der Waals surface area contributed by atoms with Crippen LogP contribution in [0.3, 0.4) is 0 Å². The number of aromatic nitrogens is 2. The summed E-state index contributed by atoms with van der Waals surface area (Å²) in [6.07, 6.45) is 0. The van der Waals surface area contributed by atoms with Gasteiger partial charge in [-0.3, -0.25) is 4.40 Å².